The topological polar surface area (TPSA) is 70.1 Å². The van der Waals surface area contributed by atoms with Gasteiger partial charge in [-0.2, -0.15) is 0 Å². The number of hydrogen-bond donors (Lipinski definition) is 1. The molecule has 0 aliphatic carbocycles. The number of nitrogens with zero attached hydrogens (tertiary/aromatic N) is 2. The van der Waals surface area contributed by atoms with Crippen molar-refractivity contribution >= 4 is 18.0 Å². The first-order valence-corrected chi connectivity index (χ1v) is 9.22. The van der Waals surface area contributed by atoms with Gasteiger partial charge in [-0.3, -0.25) is 9.69 Å². The Morgan fingerprint density at radius 2 is 1.81 bits per heavy atom. The molecule has 1 aromatic rings. The van der Waals surface area contributed by atoms with Crippen molar-refractivity contribution in [3.05, 3.63) is 41.5 Å². The number of rotatable bonds is 5. The number of hydrogen-bond acceptors (Lipinski definition) is 4. The lowest BCUT2D eigenvalue weighted by Gasteiger charge is -2.33. The number of aromatic carboxylic acids is 1. The third kappa shape index (κ3) is 4.93. The van der Waals surface area contributed by atoms with Crippen LogP contribution in [0.3, 0.4) is 0 Å². The molecule has 26 heavy (non-hydrogen) atoms. The number of carboxylic acids is 1. The molecule has 1 N–H and O–H groups in total. The summed E-state index contributed by atoms with van der Waals surface area (Å²) in [5.41, 5.74) is 1.05. The Morgan fingerprint density at radius 3 is 2.50 bits per heavy atom. The second-order valence-corrected chi connectivity index (χ2v) is 6.86. The first-order valence-electron chi connectivity index (χ1n) is 9.22. The van der Waals surface area contributed by atoms with Gasteiger partial charge in [0.15, 0.2) is 0 Å². The van der Waals surface area contributed by atoms with Gasteiger partial charge in [-0.15, -0.1) is 0 Å². The summed E-state index contributed by atoms with van der Waals surface area (Å²) in [6.07, 6.45) is 5.83. The Kier molecular flexibility index (Phi) is 6.41. The Morgan fingerprint density at radius 1 is 1.12 bits per heavy atom. The molecule has 2 aliphatic heterocycles. The summed E-state index contributed by atoms with van der Waals surface area (Å²) in [5.74, 6) is -0.330. The highest BCUT2D eigenvalue weighted by molar-refractivity contribution is 5.92. The fourth-order valence-electron chi connectivity index (χ4n) is 3.47. The second kappa shape index (κ2) is 8.96. The third-order valence-electron chi connectivity index (χ3n) is 5.09. The van der Waals surface area contributed by atoms with E-state index >= 15 is 0 Å². The van der Waals surface area contributed by atoms with Gasteiger partial charge < -0.3 is 14.7 Å². The zero-order chi connectivity index (χ0) is 18.4. The smallest absolute Gasteiger partial charge is 0.336 e. The van der Waals surface area contributed by atoms with E-state index in [1.165, 1.54) is 0 Å². The van der Waals surface area contributed by atoms with Crippen LogP contribution in [0.1, 0.15) is 28.8 Å². The molecule has 0 radical (unpaired) electrons. The van der Waals surface area contributed by atoms with Crippen molar-refractivity contribution in [2.45, 2.75) is 12.8 Å². The number of carbonyl (C=O) groups is 2. The van der Waals surface area contributed by atoms with Crippen LogP contribution in [0.2, 0.25) is 0 Å². The van der Waals surface area contributed by atoms with Crippen LogP contribution >= 0.6 is 0 Å². The number of piperidine rings is 1. The van der Waals surface area contributed by atoms with Gasteiger partial charge in [0.1, 0.15) is 0 Å². The summed E-state index contributed by atoms with van der Waals surface area (Å²) < 4.78 is 5.32. The summed E-state index contributed by atoms with van der Waals surface area (Å²) in [6.45, 7) is 5.07. The van der Waals surface area contributed by atoms with Crippen molar-refractivity contribution < 1.29 is 19.4 Å². The fourth-order valence-corrected chi connectivity index (χ4v) is 3.47. The lowest BCUT2D eigenvalue weighted by molar-refractivity contribution is -0.134. The van der Waals surface area contributed by atoms with Crippen molar-refractivity contribution in [2.24, 2.45) is 5.92 Å². The molecule has 2 aliphatic rings. The van der Waals surface area contributed by atoms with E-state index in [9.17, 15) is 14.7 Å². The maximum absolute atomic E-state index is 12.4. The number of allylic oxidation sites excluding steroid dienone is 1. The molecule has 6 heteroatoms. The number of likely N-dealkylation sites (tertiary alicyclic amines) is 1. The van der Waals surface area contributed by atoms with Crippen LogP contribution in [0.15, 0.2) is 30.3 Å². The fraction of sp³-hybridized carbons (Fsp3) is 0.500. The molecule has 0 unspecified atom stereocenters. The number of carbonyl (C=O) groups excluding carboxylic acids is 1. The highest BCUT2D eigenvalue weighted by Crippen LogP contribution is 2.21. The minimum Gasteiger partial charge on any atom is -0.478 e. The van der Waals surface area contributed by atoms with Crippen molar-refractivity contribution in [3.63, 3.8) is 0 Å². The second-order valence-electron chi connectivity index (χ2n) is 6.86. The SMILES string of the molecule is O=C(O)c1ccccc1C=CC1CCN(C(=O)CN2CCOCC2)CC1. The van der Waals surface area contributed by atoms with E-state index in [4.69, 9.17) is 4.74 Å². The molecular weight excluding hydrogens is 332 g/mol. The Labute approximate surface area is 154 Å². The van der Waals surface area contributed by atoms with Crippen LogP contribution in [-0.2, 0) is 9.53 Å². The van der Waals surface area contributed by atoms with Gasteiger partial charge in [0, 0.05) is 26.2 Å². The van der Waals surface area contributed by atoms with E-state index in [-0.39, 0.29) is 5.91 Å². The van der Waals surface area contributed by atoms with Crippen LogP contribution in [0, 0.1) is 5.92 Å². The maximum Gasteiger partial charge on any atom is 0.336 e. The monoisotopic (exact) mass is 358 g/mol. The largest absolute Gasteiger partial charge is 0.478 e. The highest BCUT2D eigenvalue weighted by Gasteiger charge is 2.23. The van der Waals surface area contributed by atoms with Gasteiger partial charge in [0.05, 0.1) is 25.3 Å². The molecule has 1 aromatic carbocycles. The molecule has 140 valence electrons. The number of benzene rings is 1. The molecular formula is C20H26N2O4. The number of carboxylic acid groups (broad SMARTS) is 1. The Hall–Kier alpha value is -2.18. The average molecular weight is 358 g/mol. The minimum absolute atomic E-state index is 0.200. The van der Waals surface area contributed by atoms with Gasteiger partial charge in [0.2, 0.25) is 5.91 Å². The molecule has 3 rings (SSSR count). The van der Waals surface area contributed by atoms with Crippen molar-refractivity contribution in [3.8, 4) is 0 Å². The van der Waals surface area contributed by atoms with E-state index in [1.807, 2.05) is 23.1 Å². The first kappa shape index (κ1) is 18.6. The van der Waals surface area contributed by atoms with Gasteiger partial charge in [-0.05, 0) is 30.4 Å². The molecule has 6 nitrogen and oxygen atoms in total. The van der Waals surface area contributed by atoms with Crippen molar-refractivity contribution in [1.82, 2.24) is 9.80 Å². The molecule has 0 spiro atoms. The van der Waals surface area contributed by atoms with E-state index in [0.717, 1.165) is 44.6 Å². The quantitative estimate of drug-likeness (QED) is 0.871. The summed E-state index contributed by atoms with van der Waals surface area (Å²) >= 11 is 0. The predicted molar refractivity (Wildman–Crippen MR) is 99.0 cm³/mol. The van der Waals surface area contributed by atoms with Crippen LogP contribution in [0.5, 0.6) is 0 Å². The van der Waals surface area contributed by atoms with Crippen molar-refractivity contribution in [2.75, 3.05) is 45.9 Å². The van der Waals surface area contributed by atoms with E-state index in [0.29, 0.717) is 31.2 Å². The summed E-state index contributed by atoms with van der Waals surface area (Å²) in [4.78, 5) is 27.8. The van der Waals surface area contributed by atoms with E-state index in [1.54, 1.807) is 12.1 Å². The zero-order valence-corrected chi connectivity index (χ0v) is 15.0. The van der Waals surface area contributed by atoms with Gasteiger partial charge in [-0.1, -0.05) is 30.4 Å². The molecule has 2 fully saturated rings. The molecule has 0 bridgehead atoms. The lowest BCUT2D eigenvalue weighted by atomic mass is 9.95. The molecule has 0 atom stereocenters. The average Bonchev–Trinajstić information content (AvgIpc) is 2.67. The zero-order valence-electron chi connectivity index (χ0n) is 15.0. The van der Waals surface area contributed by atoms with Crippen LogP contribution in [-0.4, -0.2) is 72.7 Å². The van der Waals surface area contributed by atoms with Crippen LogP contribution in [0.25, 0.3) is 6.08 Å². The maximum atomic E-state index is 12.4. The van der Waals surface area contributed by atoms with E-state index < -0.39 is 5.97 Å². The molecule has 2 heterocycles. The van der Waals surface area contributed by atoms with Crippen LogP contribution < -0.4 is 0 Å². The Balaban J connectivity index is 1.49. The summed E-state index contributed by atoms with van der Waals surface area (Å²) in [7, 11) is 0. The van der Waals surface area contributed by atoms with Crippen molar-refractivity contribution in [1.29, 1.82) is 0 Å². The van der Waals surface area contributed by atoms with Gasteiger partial charge in [0.25, 0.3) is 0 Å². The molecule has 1 amide bonds. The highest BCUT2D eigenvalue weighted by atomic mass is 16.5. The van der Waals surface area contributed by atoms with Gasteiger partial charge in [-0.25, -0.2) is 4.79 Å². The number of ether oxygens (including phenoxy) is 1. The predicted octanol–water partition coefficient (Wildman–Crippen LogP) is 1.97. The summed E-state index contributed by atoms with van der Waals surface area (Å²) in [5, 5.41) is 9.24. The first-order chi connectivity index (χ1) is 12.6. The molecule has 0 saturated carbocycles. The van der Waals surface area contributed by atoms with E-state index in [2.05, 4.69) is 11.0 Å². The third-order valence-corrected chi connectivity index (χ3v) is 5.09. The lowest BCUT2D eigenvalue weighted by Crippen LogP contribution is -2.46. The standard InChI is InChI=1S/C20H26N2O4/c23-19(15-21-11-13-26-14-12-21)22-9-7-16(8-10-22)5-6-17-3-1-2-4-18(17)20(24)25/h1-6,16H,7-15H2,(H,24,25). The minimum atomic E-state index is -0.909. The number of amides is 1. The Bertz CT molecular complexity index is 660. The molecule has 2 saturated heterocycles. The van der Waals surface area contributed by atoms with Gasteiger partial charge >= 0.3 is 5.97 Å². The van der Waals surface area contributed by atoms with Crippen LogP contribution in [0.4, 0.5) is 0 Å². The normalized spacial score (nSPS) is 19.8. The summed E-state index contributed by atoms with van der Waals surface area (Å²) in [6, 6.07) is 7.02. The number of morpholine rings is 1. The molecule has 0 aromatic heterocycles.